The van der Waals surface area contributed by atoms with E-state index in [-0.39, 0.29) is 5.56 Å². The van der Waals surface area contributed by atoms with E-state index in [4.69, 9.17) is 15.7 Å². The maximum absolute atomic E-state index is 11.5. The first kappa shape index (κ1) is 12.7. The van der Waals surface area contributed by atoms with E-state index in [1.807, 2.05) is 6.07 Å². The number of aromatic nitrogens is 1. The molecule has 0 fully saturated rings. The highest BCUT2D eigenvalue weighted by molar-refractivity contribution is 5.53. The van der Waals surface area contributed by atoms with Crippen LogP contribution in [0, 0.1) is 11.3 Å². The molecular weight excluding hydrogens is 242 g/mol. The quantitative estimate of drug-likeness (QED) is 0.837. The summed E-state index contributed by atoms with van der Waals surface area (Å²) >= 11 is 0. The van der Waals surface area contributed by atoms with Crippen molar-refractivity contribution in [2.75, 3.05) is 12.3 Å². The van der Waals surface area contributed by atoms with E-state index in [1.165, 1.54) is 6.07 Å². The monoisotopic (exact) mass is 255 g/mol. The molecule has 0 unspecified atom stereocenters. The highest BCUT2D eigenvalue weighted by Crippen LogP contribution is 2.20. The lowest BCUT2D eigenvalue weighted by molar-refractivity contribution is 0.295. The van der Waals surface area contributed by atoms with Crippen LogP contribution in [0.5, 0.6) is 5.75 Å². The summed E-state index contributed by atoms with van der Waals surface area (Å²) in [7, 11) is 0. The molecule has 2 N–H and O–H groups in total. The Morgan fingerprint density at radius 1 is 1.32 bits per heavy atom. The van der Waals surface area contributed by atoms with Crippen molar-refractivity contribution in [2.24, 2.45) is 0 Å². The largest absolute Gasteiger partial charge is 0.490 e. The Balaban J connectivity index is 2.03. The van der Waals surface area contributed by atoms with Crippen molar-refractivity contribution in [2.45, 2.75) is 6.54 Å². The molecular formula is C14H13N3O2. The van der Waals surface area contributed by atoms with Crippen LogP contribution in [-0.4, -0.2) is 11.2 Å². The molecule has 2 rings (SSSR count). The summed E-state index contributed by atoms with van der Waals surface area (Å²) in [5, 5.41) is 8.96. The number of rotatable bonds is 4. The fraction of sp³-hybridized carbons (Fsp3) is 0.143. The number of hydrogen-bond donors (Lipinski definition) is 1. The molecule has 96 valence electrons. The van der Waals surface area contributed by atoms with Crippen LogP contribution in [0.1, 0.15) is 5.56 Å². The third-order valence-electron chi connectivity index (χ3n) is 2.61. The maximum Gasteiger partial charge on any atom is 0.250 e. The van der Waals surface area contributed by atoms with Crippen molar-refractivity contribution in [3.05, 3.63) is 58.5 Å². The van der Waals surface area contributed by atoms with Gasteiger partial charge >= 0.3 is 0 Å². The summed E-state index contributed by atoms with van der Waals surface area (Å²) in [6.45, 7) is 0.734. The molecule has 0 radical (unpaired) electrons. The van der Waals surface area contributed by atoms with Crippen molar-refractivity contribution < 1.29 is 4.74 Å². The molecule has 0 bridgehead atoms. The van der Waals surface area contributed by atoms with Gasteiger partial charge in [0.15, 0.2) is 0 Å². The molecule has 1 aromatic carbocycles. The lowest BCUT2D eigenvalue weighted by atomic mass is 10.2. The maximum atomic E-state index is 11.5. The van der Waals surface area contributed by atoms with E-state index in [0.717, 1.165) is 0 Å². The van der Waals surface area contributed by atoms with Crippen LogP contribution in [-0.2, 0) is 6.54 Å². The van der Waals surface area contributed by atoms with Gasteiger partial charge in [0.1, 0.15) is 18.4 Å². The molecule has 0 saturated carbocycles. The highest BCUT2D eigenvalue weighted by atomic mass is 16.5. The molecule has 0 saturated heterocycles. The molecule has 0 atom stereocenters. The van der Waals surface area contributed by atoms with Crippen LogP contribution < -0.4 is 16.0 Å². The molecule has 0 spiro atoms. The molecule has 0 aliphatic heterocycles. The lowest BCUT2D eigenvalue weighted by Crippen LogP contribution is -2.21. The first-order chi connectivity index (χ1) is 9.20. The summed E-state index contributed by atoms with van der Waals surface area (Å²) in [5.74, 6) is 0.473. The summed E-state index contributed by atoms with van der Waals surface area (Å²) in [4.78, 5) is 11.5. The number of hydrogen-bond acceptors (Lipinski definition) is 4. The smallest absolute Gasteiger partial charge is 0.250 e. The van der Waals surface area contributed by atoms with E-state index in [2.05, 4.69) is 0 Å². The number of nitriles is 1. The third-order valence-corrected chi connectivity index (χ3v) is 2.61. The summed E-state index contributed by atoms with van der Waals surface area (Å²) < 4.78 is 7.05. The topological polar surface area (TPSA) is 81.0 Å². The normalized spacial score (nSPS) is 9.84. The summed E-state index contributed by atoms with van der Waals surface area (Å²) in [6.07, 6.45) is 1.69. The van der Waals surface area contributed by atoms with Gasteiger partial charge in [0, 0.05) is 18.0 Å². The Morgan fingerprint density at radius 2 is 2.16 bits per heavy atom. The standard InChI is InChI=1S/C14H13N3O2/c15-10-11-9-12(16)4-5-13(11)19-8-7-17-6-2-1-3-14(17)18/h1-6,9H,7-8,16H2. The number of pyridine rings is 1. The lowest BCUT2D eigenvalue weighted by Gasteiger charge is -2.09. The Labute approximate surface area is 110 Å². The number of benzene rings is 1. The van der Waals surface area contributed by atoms with E-state index in [9.17, 15) is 4.79 Å². The van der Waals surface area contributed by atoms with Crippen molar-refractivity contribution in [3.63, 3.8) is 0 Å². The van der Waals surface area contributed by atoms with Gasteiger partial charge in [-0.3, -0.25) is 4.79 Å². The number of nitrogens with zero attached hydrogens (tertiary/aromatic N) is 2. The van der Waals surface area contributed by atoms with Crippen molar-refractivity contribution in [1.29, 1.82) is 5.26 Å². The van der Waals surface area contributed by atoms with E-state index in [1.54, 1.807) is 41.1 Å². The third kappa shape index (κ3) is 3.13. The summed E-state index contributed by atoms with van der Waals surface area (Å²) in [6, 6.07) is 11.9. The SMILES string of the molecule is N#Cc1cc(N)ccc1OCCn1ccccc1=O. The van der Waals surface area contributed by atoms with Gasteiger partial charge in [0.2, 0.25) is 0 Å². The van der Waals surface area contributed by atoms with E-state index < -0.39 is 0 Å². The van der Waals surface area contributed by atoms with Crippen molar-refractivity contribution >= 4 is 5.69 Å². The average molecular weight is 255 g/mol. The van der Waals surface area contributed by atoms with Gasteiger partial charge in [-0.2, -0.15) is 5.26 Å². The van der Waals surface area contributed by atoms with Crippen molar-refractivity contribution in [1.82, 2.24) is 4.57 Å². The number of ether oxygens (including phenoxy) is 1. The molecule has 1 aromatic heterocycles. The molecule has 5 heteroatoms. The Hall–Kier alpha value is -2.74. The molecule has 19 heavy (non-hydrogen) atoms. The van der Waals surface area contributed by atoms with Gasteiger partial charge in [0.25, 0.3) is 5.56 Å². The molecule has 0 aliphatic rings. The zero-order valence-corrected chi connectivity index (χ0v) is 10.2. The zero-order chi connectivity index (χ0) is 13.7. The van der Waals surface area contributed by atoms with Crippen LogP contribution >= 0.6 is 0 Å². The minimum absolute atomic E-state index is 0.0797. The first-order valence-electron chi connectivity index (χ1n) is 5.78. The fourth-order valence-corrected chi connectivity index (χ4v) is 1.66. The molecule has 1 heterocycles. The van der Waals surface area contributed by atoms with E-state index >= 15 is 0 Å². The average Bonchev–Trinajstić information content (AvgIpc) is 2.42. The van der Waals surface area contributed by atoms with Gasteiger partial charge in [-0.1, -0.05) is 6.07 Å². The minimum atomic E-state index is -0.0797. The van der Waals surface area contributed by atoms with Gasteiger partial charge in [0.05, 0.1) is 12.1 Å². The predicted octanol–water partition coefficient (Wildman–Crippen LogP) is 1.38. The van der Waals surface area contributed by atoms with Crippen LogP contribution in [0.3, 0.4) is 0 Å². The van der Waals surface area contributed by atoms with Gasteiger partial charge < -0.3 is 15.0 Å². The first-order valence-corrected chi connectivity index (χ1v) is 5.78. The Morgan fingerprint density at radius 3 is 2.89 bits per heavy atom. The molecule has 5 nitrogen and oxygen atoms in total. The minimum Gasteiger partial charge on any atom is -0.490 e. The Kier molecular flexibility index (Phi) is 3.84. The number of nitrogen functional groups attached to an aromatic ring is 1. The van der Waals surface area contributed by atoms with Crippen LogP contribution in [0.15, 0.2) is 47.4 Å². The zero-order valence-electron chi connectivity index (χ0n) is 10.2. The summed E-state index contributed by atoms with van der Waals surface area (Å²) in [5.41, 5.74) is 6.42. The van der Waals surface area contributed by atoms with Gasteiger partial charge in [-0.05, 0) is 24.3 Å². The highest BCUT2D eigenvalue weighted by Gasteiger charge is 2.03. The Bertz CT molecular complexity index is 671. The van der Waals surface area contributed by atoms with Gasteiger partial charge in [-0.25, -0.2) is 0 Å². The van der Waals surface area contributed by atoms with E-state index in [0.29, 0.717) is 30.2 Å². The van der Waals surface area contributed by atoms with Crippen LogP contribution in [0.25, 0.3) is 0 Å². The van der Waals surface area contributed by atoms with Crippen LogP contribution in [0.2, 0.25) is 0 Å². The predicted molar refractivity (Wildman–Crippen MR) is 71.8 cm³/mol. The second kappa shape index (κ2) is 5.74. The molecule has 2 aromatic rings. The number of nitrogens with two attached hydrogens (primary N) is 1. The molecule has 0 aliphatic carbocycles. The second-order valence-electron chi connectivity index (χ2n) is 3.95. The fourth-order valence-electron chi connectivity index (χ4n) is 1.66. The second-order valence-corrected chi connectivity index (χ2v) is 3.95. The number of anilines is 1. The van der Waals surface area contributed by atoms with Crippen molar-refractivity contribution in [3.8, 4) is 11.8 Å². The van der Waals surface area contributed by atoms with Crippen LogP contribution in [0.4, 0.5) is 5.69 Å². The van der Waals surface area contributed by atoms with Gasteiger partial charge in [-0.15, -0.1) is 0 Å². The molecule has 0 amide bonds.